The molecule has 1 aliphatic rings. The molecule has 1 aromatic heterocycles. The van der Waals surface area contributed by atoms with Crippen LogP contribution in [-0.4, -0.2) is 53.1 Å². The Balaban J connectivity index is 1.50. The molecule has 7 nitrogen and oxygen atoms in total. The SMILES string of the molecule is Cc1noc(Cl)c1CCC(=O)N1CCCN(C(=O)Nc2ccc(Cl)cc2)CC1. The van der Waals surface area contributed by atoms with Crippen molar-refractivity contribution in [3.63, 3.8) is 0 Å². The normalized spacial score (nSPS) is 14.7. The molecule has 150 valence electrons. The number of halogens is 2. The topological polar surface area (TPSA) is 78.7 Å². The summed E-state index contributed by atoms with van der Waals surface area (Å²) in [6.45, 7) is 4.01. The summed E-state index contributed by atoms with van der Waals surface area (Å²) >= 11 is 11.8. The number of aromatic nitrogens is 1. The van der Waals surface area contributed by atoms with E-state index in [1.807, 2.05) is 0 Å². The average Bonchev–Trinajstić information content (AvgIpc) is 2.88. The van der Waals surface area contributed by atoms with Crippen LogP contribution in [-0.2, 0) is 11.2 Å². The molecule has 0 radical (unpaired) electrons. The number of benzene rings is 1. The Kier molecular flexibility index (Phi) is 6.80. The molecular formula is C19H22Cl2N4O3. The molecule has 1 saturated heterocycles. The number of amides is 3. The second-order valence-corrected chi connectivity index (χ2v) is 7.46. The highest BCUT2D eigenvalue weighted by molar-refractivity contribution is 6.30. The second kappa shape index (κ2) is 9.30. The van der Waals surface area contributed by atoms with E-state index in [4.69, 9.17) is 27.7 Å². The lowest BCUT2D eigenvalue weighted by atomic mass is 10.1. The minimum atomic E-state index is -0.177. The van der Waals surface area contributed by atoms with Crippen LogP contribution in [0.3, 0.4) is 0 Å². The van der Waals surface area contributed by atoms with E-state index in [1.54, 1.807) is 41.0 Å². The molecule has 2 heterocycles. The van der Waals surface area contributed by atoms with Crippen LogP contribution in [0.15, 0.2) is 28.8 Å². The molecule has 2 aromatic rings. The molecule has 3 amide bonds. The van der Waals surface area contributed by atoms with E-state index in [0.29, 0.717) is 55.4 Å². The zero-order chi connectivity index (χ0) is 20.1. The third kappa shape index (κ3) is 5.17. The second-order valence-electron chi connectivity index (χ2n) is 6.68. The molecule has 0 saturated carbocycles. The van der Waals surface area contributed by atoms with Crippen molar-refractivity contribution in [2.24, 2.45) is 0 Å². The third-order valence-electron chi connectivity index (χ3n) is 4.76. The van der Waals surface area contributed by atoms with Gasteiger partial charge in [0, 0.05) is 48.9 Å². The Morgan fingerprint density at radius 1 is 1.11 bits per heavy atom. The lowest BCUT2D eigenvalue weighted by Crippen LogP contribution is -2.39. The van der Waals surface area contributed by atoms with Gasteiger partial charge in [-0.1, -0.05) is 16.8 Å². The molecule has 0 unspecified atom stereocenters. The molecule has 0 atom stereocenters. The van der Waals surface area contributed by atoms with Crippen molar-refractivity contribution in [1.82, 2.24) is 15.0 Å². The number of anilines is 1. The van der Waals surface area contributed by atoms with E-state index in [-0.39, 0.29) is 17.2 Å². The first-order valence-electron chi connectivity index (χ1n) is 9.14. The Morgan fingerprint density at radius 2 is 1.79 bits per heavy atom. The molecule has 0 spiro atoms. The van der Waals surface area contributed by atoms with Crippen molar-refractivity contribution in [1.29, 1.82) is 0 Å². The minimum Gasteiger partial charge on any atom is -0.344 e. The van der Waals surface area contributed by atoms with E-state index in [0.717, 1.165) is 12.0 Å². The zero-order valence-corrected chi connectivity index (χ0v) is 17.1. The minimum absolute atomic E-state index is 0.0385. The maximum Gasteiger partial charge on any atom is 0.321 e. The first kappa shape index (κ1) is 20.5. The molecule has 1 aliphatic heterocycles. The predicted octanol–water partition coefficient (Wildman–Crippen LogP) is 3.99. The highest BCUT2D eigenvalue weighted by Crippen LogP contribution is 2.21. The first-order chi connectivity index (χ1) is 13.4. The molecular weight excluding hydrogens is 403 g/mol. The number of hydrogen-bond donors (Lipinski definition) is 1. The molecule has 0 aliphatic carbocycles. The smallest absolute Gasteiger partial charge is 0.321 e. The fourth-order valence-electron chi connectivity index (χ4n) is 3.14. The molecule has 1 aromatic carbocycles. The fourth-order valence-corrected chi connectivity index (χ4v) is 3.53. The van der Waals surface area contributed by atoms with E-state index < -0.39 is 0 Å². The predicted molar refractivity (Wildman–Crippen MR) is 108 cm³/mol. The van der Waals surface area contributed by atoms with Gasteiger partial charge in [0.15, 0.2) is 0 Å². The van der Waals surface area contributed by atoms with Crippen molar-refractivity contribution >= 4 is 40.8 Å². The van der Waals surface area contributed by atoms with Gasteiger partial charge >= 0.3 is 6.03 Å². The van der Waals surface area contributed by atoms with Crippen LogP contribution in [0.25, 0.3) is 0 Å². The largest absolute Gasteiger partial charge is 0.344 e. The molecule has 28 heavy (non-hydrogen) atoms. The Labute approximate surface area is 173 Å². The van der Waals surface area contributed by atoms with E-state index >= 15 is 0 Å². The molecule has 3 rings (SSSR count). The van der Waals surface area contributed by atoms with E-state index in [2.05, 4.69) is 10.5 Å². The maximum atomic E-state index is 12.6. The highest BCUT2D eigenvalue weighted by Gasteiger charge is 2.23. The molecule has 0 bridgehead atoms. The first-order valence-corrected chi connectivity index (χ1v) is 9.89. The average molecular weight is 425 g/mol. The summed E-state index contributed by atoms with van der Waals surface area (Å²) in [5, 5.41) is 7.52. The van der Waals surface area contributed by atoms with Crippen molar-refractivity contribution in [3.8, 4) is 0 Å². The maximum absolute atomic E-state index is 12.6. The number of urea groups is 1. The summed E-state index contributed by atoms with van der Waals surface area (Å²) in [5.74, 6) is 0.0385. The molecule has 9 heteroatoms. The summed E-state index contributed by atoms with van der Waals surface area (Å²) in [6.07, 6.45) is 1.55. The summed E-state index contributed by atoms with van der Waals surface area (Å²) in [7, 11) is 0. The molecule has 1 N–H and O–H groups in total. The number of nitrogens with one attached hydrogen (secondary N) is 1. The van der Waals surface area contributed by atoms with Gasteiger partial charge in [-0.15, -0.1) is 0 Å². The van der Waals surface area contributed by atoms with Gasteiger partial charge in [-0.2, -0.15) is 0 Å². The number of nitrogens with zero attached hydrogens (tertiary/aromatic N) is 3. The van der Waals surface area contributed by atoms with Crippen molar-refractivity contribution in [2.45, 2.75) is 26.2 Å². The summed E-state index contributed by atoms with van der Waals surface area (Å²) in [6, 6.07) is 6.79. The zero-order valence-electron chi connectivity index (χ0n) is 15.6. The van der Waals surface area contributed by atoms with E-state index in [9.17, 15) is 9.59 Å². The summed E-state index contributed by atoms with van der Waals surface area (Å²) < 4.78 is 4.92. The standard InChI is InChI=1S/C19H22Cl2N4O3/c1-13-16(18(21)28-23-13)7-8-17(26)24-9-2-10-25(12-11-24)19(27)22-15-5-3-14(20)4-6-15/h3-6H,2,7-12H2,1H3,(H,22,27). The third-order valence-corrected chi connectivity index (χ3v) is 5.31. The monoisotopic (exact) mass is 424 g/mol. The van der Waals surface area contributed by atoms with E-state index in [1.165, 1.54) is 0 Å². The Hall–Kier alpha value is -2.25. The van der Waals surface area contributed by atoms with Crippen LogP contribution in [0.4, 0.5) is 10.5 Å². The number of hydrogen-bond acceptors (Lipinski definition) is 4. The van der Waals surface area contributed by atoms with Crippen LogP contribution >= 0.6 is 23.2 Å². The number of rotatable bonds is 4. The van der Waals surface area contributed by atoms with Gasteiger partial charge in [0.1, 0.15) is 0 Å². The van der Waals surface area contributed by atoms with Crippen LogP contribution in [0, 0.1) is 6.92 Å². The number of aryl methyl sites for hydroxylation is 1. The van der Waals surface area contributed by atoms with Gasteiger partial charge in [0.2, 0.25) is 11.1 Å². The number of carbonyl (C=O) groups excluding carboxylic acids is 2. The van der Waals surface area contributed by atoms with Gasteiger partial charge in [0.05, 0.1) is 5.69 Å². The van der Waals surface area contributed by atoms with Crippen LogP contribution < -0.4 is 5.32 Å². The van der Waals surface area contributed by atoms with Crippen molar-refractivity contribution < 1.29 is 14.1 Å². The summed E-state index contributed by atoms with van der Waals surface area (Å²) in [5.41, 5.74) is 2.17. The fraction of sp³-hybridized carbons (Fsp3) is 0.421. The van der Waals surface area contributed by atoms with Gasteiger partial charge in [-0.3, -0.25) is 4.79 Å². The van der Waals surface area contributed by atoms with Crippen LogP contribution in [0.5, 0.6) is 0 Å². The van der Waals surface area contributed by atoms with Crippen LogP contribution in [0.2, 0.25) is 10.2 Å². The molecule has 1 fully saturated rings. The Morgan fingerprint density at radius 3 is 2.46 bits per heavy atom. The van der Waals surface area contributed by atoms with Gasteiger partial charge in [0.25, 0.3) is 0 Å². The van der Waals surface area contributed by atoms with Gasteiger partial charge in [-0.25, -0.2) is 4.79 Å². The lowest BCUT2D eigenvalue weighted by Gasteiger charge is -2.22. The van der Waals surface area contributed by atoms with Gasteiger partial charge in [-0.05, 0) is 55.6 Å². The highest BCUT2D eigenvalue weighted by atomic mass is 35.5. The van der Waals surface area contributed by atoms with Crippen molar-refractivity contribution in [2.75, 3.05) is 31.5 Å². The van der Waals surface area contributed by atoms with Crippen molar-refractivity contribution in [3.05, 3.63) is 45.8 Å². The van der Waals surface area contributed by atoms with Gasteiger partial charge < -0.3 is 19.6 Å². The Bertz CT molecular complexity index is 819. The lowest BCUT2D eigenvalue weighted by molar-refractivity contribution is -0.131. The summed E-state index contributed by atoms with van der Waals surface area (Å²) in [4.78, 5) is 28.6. The quantitative estimate of drug-likeness (QED) is 0.804. The number of carbonyl (C=O) groups is 2. The van der Waals surface area contributed by atoms with Crippen LogP contribution in [0.1, 0.15) is 24.1 Å².